The summed E-state index contributed by atoms with van der Waals surface area (Å²) in [6.07, 6.45) is -4.47. The predicted molar refractivity (Wildman–Crippen MR) is 84.5 cm³/mol. The largest absolute Gasteiger partial charge is 0.488 e. The fourth-order valence-corrected chi connectivity index (χ4v) is 2.28. The van der Waals surface area contributed by atoms with Gasteiger partial charge in [-0.2, -0.15) is 13.2 Å². The second-order valence-electron chi connectivity index (χ2n) is 4.38. The molecule has 0 aliphatic heterocycles. The lowest BCUT2D eigenvalue weighted by Gasteiger charge is -2.15. The first kappa shape index (κ1) is 16.4. The third-order valence-corrected chi connectivity index (χ3v) is 3.84. The molecule has 0 aliphatic rings. The van der Waals surface area contributed by atoms with E-state index in [4.69, 9.17) is 16.3 Å². The third kappa shape index (κ3) is 4.51. The van der Waals surface area contributed by atoms with E-state index in [1.165, 1.54) is 12.1 Å². The summed E-state index contributed by atoms with van der Waals surface area (Å²) >= 11 is 7.74. The van der Waals surface area contributed by atoms with Gasteiger partial charge in [0.25, 0.3) is 0 Å². The van der Waals surface area contributed by atoms with Crippen molar-refractivity contribution in [2.45, 2.75) is 18.7 Å². The molecule has 0 unspecified atom stereocenters. The lowest BCUT2D eigenvalue weighted by Crippen LogP contribution is -2.09. The monoisotopic (exact) mass is 426 g/mol. The first-order valence-electron chi connectivity index (χ1n) is 6.03. The van der Waals surface area contributed by atoms with Gasteiger partial charge in [-0.05, 0) is 58.0 Å². The maximum absolute atomic E-state index is 13.0. The molecule has 0 bridgehead atoms. The number of halogens is 5. The molecule has 2 rings (SSSR count). The fraction of sp³-hybridized carbons (Fsp3) is 0.200. The SMILES string of the molecule is FC(F)(F)c1cc(CCl)ccc1OCc1ccc(I)cc1. The highest BCUT2D eigenvalue weighted by Gasteiger charge is 2.34. The van der Waals surface area contributed by atoms with Crippen molar-refractivity contribution in [3.05, 3.63) is 62.7 Å². The van der Waals surface area contributed by atoms with Crippen LogP contribution in [0.15, 0.2) is 42.5 Å². The Bertz CT molecular complexity index is 611. The van der Waals surface area contributed by atoms with Crippen LogP contribution in [0.25, 0.3) is 0 Å². The van der Waals surface area contributed by atoms with Crippen LogP contribution in [0, 0.1) is 3.57 Å². The number of rotatable bonds is 4. The molecule has 6 heteroatoms. The van der Waals surface area contributed by atoms with Crippen LogP contribution in [0.5, 0.6) is 5.75 Å². The Hall–Kier alpha value is -0.950. The van der Waals surface area contributed by atoms with E-state index in [2.05, 4.69) is 22.6 Å². The van der Waals surface area contributed by atoms with E-state index in [-0.39, 0.29) is 18.2 Å². The van der Waals surface area contributed by atoms with Crippen LogP contribution in [0.3, 0.4) is 0 Å². The van der Waals surface area contributed by atoms with Crippen molar-refractivity contribution < 1.29 is 17.9 Å². The normalized spacial score (nSPS) is 11.5. The van der Waals surface area contributed by atoms with Gasteiger partial charge in [0.15, 0.2) is 0 Å². The van der Waals surface area contributed by atoms with Crippen molar-refractivity contribution in [3.8, 4) is 5.75 Å². The molecule has 0 aliphatic carbocycles. The maximum Gasteiger partial charge on any atom is 0.419 e. The molecule has 0 saturated carbocycles. The van der Waals surface area contributed by atoms with E-state index in [0.717, 1.165) is 15.2 Å². The molecule has 112 valence electrons. The number of ether oxygens (including phenoxy) is 1. The Labute approximate surface area is 139 Å². The van der Waals surface area contributed by atoms with Crippen LogP contribution in [0.4, 0.5) is 13.2 Å². The first-order chi connectivity index (χ1) is 9.90. The first-order valence-corrected chi connectivity index (χ1v) is 7.65. The van der Waals surface area contributed by atoms with Gasteiger partial charge in [-0.1, -0.05) is 18.2 Å². The molecular formula is C15H11ClF3IO. The Balaban J connectivity index is 2.21. The summed E-state index contributed by atoms with van der Waals surface area (Å²) < 4.78 is 45.4. The smallest absolute Gasteiger partial charge is 0.419 e. The molecule has 1 nitrogen and oxygen atoms in total. The second kappa shape index (κ2) is 6.87. The highest BCUT2D eigenvalue weighted by atomic mass is 127. The standard InChI is InChI=1S/C15H11ClF3IO/c16-8-11-3-6-14(13(7-11)15(17,18)19)21-9-10-1-4-12(20)5-2-10/h1-7H,8-9H2. The quantitative estimate of drug-likeness (QED) is 0.455. The van der Waals surface area contributed by atoms with E-state index in [0.29, 0.717) is 5.56 Å². The Kier molecular flexibility index (Phi) is 5.37. The molecular weight excluding hydrogens is 416 g/mol. The molecule has 0 aromatic heterocycles. The Morgan fingerprint density at radius 3 is 2.19 bits per heavy atom. The van der Waals surface area contributed by atoms with Gasteiger partial charge in [0.2, 0.25) is 0 Å². The molecule has 0 atom stereocenters. The second-order valence-corrected chi connectivity index (χ2v) is 5.89. The molecule has 2 aromatic rings. The minimum Gasteiger partial charge on any atom is -0.488 e. The lowest BCUT2D eigenvalue weighted by molar-refractivity contribution is -0.139. The molecule has 0 fully saturated rings. The molecule has 21 heavy (non-hydrogen) atoms. The topological polar surface area (TPSA) is 9.23 Å². The van der Waals surface area contributed by atoms with Crippen molar-refractivity contribution in [2.75, 3.05) is 0 Å². The highest BCUT2D eigenvalue weighted by molar-refractivity contribution is 14.1. The summed E-state index contributed by atoms with van der Waals surface area (Å²) in [4.78, 5) is 0. The highest BCUT2D eigenvalue weighted by Crippen LogP contribution is 2.37. The van der Waals surface area contributed by atoms with Crippen LogP contribution in [0.1, 0.15) is 16.7 Å². The molecule has 0 spiro atoms. The van der Waals surface area contributed by atoms with Crippen molar-refractivity contribution in [1.82, 2.24) is 0 Å². The van der Waals surface area contributed by atoms with Crippen LogP contribution in [-0.2, 0) is 18.7 Å². The van der Waals surface area contributed by atoms with Gasteiger partial charge in [-0.25, -0.2) is 0 Å². The number of hydrogen-bond donors (Lipinski definition) is 0. The van der Waals surface area contributed by atoms with Crippen molar-refractivity contribution in [3.63, 3.8) is 0 Å². The van der Waals surface area contributed by atoms with Gasteiger partial charge in [-0.3, -0.25) is 0 Å². The predicted octanol–water partition coefficient (Wildman–Crippen LogP) is 5.63. The lowest BCUT2D eigenvalue weighted by atomic mass is 10.1. The maximum atomic E-state index is 13.0. The van der Waals surface area contributed by atoms with Gasteiger partial charge in [0.1, 0.15) is 12.4 Å². The average Bonchev–Trinajstić information content (AvgIpc) is 2.45. The van der Waals surface area contributed by atoms with Crippen molar-refractivity contribution >= 4 is 34.2 Å². The van der Waals surface area contributed by atoms with Crippen LogP contribution < -0.4 is 4.74 Å². The third-order valence-electron chi connectivity index (χ3n) is 2.81. The fourth-order valence-electron chi connectivity index (χ4n) is 1.75. The Morgan fingerprint density at radius 2 is 1.62 bits per heavy atom. The zero-order chi connectivity index (χ0) is 15.5. The van der Waals surface area contributed by atoms with E-state index < -0.39 is 11.7 Å². The molecule has 0 amide bonds. The molecule has 0 radical (unpaired) electrons. The molecule has 0 N–H and O–H groups in total. The van der Waals surface area contributed by atoms with Gasteiger partial charge in [0.05, 0.1) is 5.56 Å². The zero-order valence-electron chi connectivity index (χ0n) is 10.8. The van der Waals surface area contributed by atoms with E-state index in [1.807, 2.05) is 24.3 Å². The summed E-state index contributed by atoms with van der Waals surface area (Å²) in [7, 11) is 0. The average molecular weight is 427 g/mol. The Morgan fingerprint density at radius 1 is 1.00 bits per heavy atom. The van der Waals surface area contributed by atoms with E-state index in [9.17, 15) is 13.2 Å². The van der Waals surface area contributed by atoms with Gasteiger partial charge in [0, 0.05) is 9.45 Å². The number of alkyl halides is 4. The molecule has 0 saturated heterocycles. The summed E-state index contributed by atoms with van der Waals surface area (Å²) in [5.74, 6) is -0.157. The van der Waals surface area contributed by atoms with E-state index in [1.54, 1.807) is 0 Å². The number of benzene rings is 2. The summed E-state index contributed by atoms with van der Waals surface area (Å²) in [5, 5.41) is 0. The van der Waals surface area contributed by atoms with Gasteiger partial charge < -0.3 is 4.74 Å². The van der Waals surface area contributed by atoms with E-state index >= 15 is 0 Å². The minimum atomic E-state index is -4.47. The summed E-state index contributed by atoms with van der Waals surface area (Å²) in [6, 6.07) is 11.3. The van der Waals surface area contributed by atoms with Crippen LogP contribution >= 0.6 is 34.2 Å². The molecule has 2 aromatic carbocycles. The summed E-state index contributed by atoms with van der Waals surface area (Å²) in [5.41, 5.74) is 0.418. The van der Waals surface area contributed by atoms with Crippen LogP contribution in [0.2, 0.25) is 0 Å². The van der Waals surface area contributed by atoms with Crippen LogP contribution in [-0.4, -0.2) is 0 Å². The van der Waals surface area contributed by atoms with Crippen molar-refractivity contribution in [1.29, 1.82) is 0 Å². The number of hydrogen-bond acceptors (Lipinski definition) is 1. The zero-order valence-corrected chi connectivity index (χ0v) is 13.7. The summed E-state index contributed by atoms with van der Waals surface area (Å²) in [6.45, 7) is 0.0836. The molecule has 0 heterocycles. The van der Waals surface area contributed by atoms with Gasteiger partial charge in [-0.15, -0.1) is 11.6 Å². The minimum absolute atomic E-state index is 0.0283. The van der Waals surface area contributed by atoms with Crippen molar-refractivity contribution in [2.24, 2.45) is 0 Å². The van der Waals surface area contributed by atoms with Gasteiger partial charge >= 0.3 is 6.18 Å².